The third kappa shape index (κ3) is 6.00. The smallest absolute Gasteiger partial charge is 0.408 e. The van der Waals surface area contributed by atoms with Crippen molar-refractivity contribution in [3.8, 4) is 0 Å². The molecule has 0 radical (unpaired) electrons. The number of likely N-dealkylation sites (tertiary alicyclic amines) is 1. The van der Waals surface area contributed by atoms with E-state index in [0.29, 0.717) is 25.0 Å². The van der Waals surface area contributed by atoms with Crippen LogP contribution in [-0.2, 0) is 20.9 Å². The average Bonchev–Trinajstić information content (AvgIpc) is 3.11. The van der Waals surface area contributed by atoms with Gasteiger partial charge < -0.3 is 25.2 Å². The molecule has 2 aliphatic rings. The van der Waals surface area contributed by atoms with Crippen molar-refractivity contribution in [2.45, 2.75) is 83.3 Å². The molecule has 0 bridgehead atoms. The number of ether oxygens (including phenoxy) is 1. The van der Waals surface area contributed by atoms with E-state index >= 15 is 0 Å². The molecule has 3 rings (SSSR count). The van der Waals surface area contributed by atoms with Gasteiger partial charge in [-0.2, -0.15) is 0 Å². The summed E-state index contributed by atoms with van der Waals surface area (Å²) >= 11 is 0. The summed E-state index contributed by atoms with van der Waals surface area (Å²) in [5.41, 5.74) is 0.892. The van der Waals surface area contributed by atoms with E-state index in [1.165, 1.54) is 6.92 Å². The highest BCUT2D eigenvalue weighted by Gasteiger charge is 2.43. The maximum Gasteiger partial charge on any atom is 0.408 e. The third-order valence-electron chi connectivity index (χ3n) is 6.71. The fraction of sp³-hybridized carbons (Fsp3) is 0.625. The lowest BCUT2D eigenvalue weighted by Gasteiger charge is -2.44. The highest BCUT2D eigenvalue weighted by molar-refractivity contribution is 5.88. The Balaban J connectivity index is 1.58. The summed E-state index contributed by atoms with van der Waals surface area (Å²) in [6.45, 7) is 6.57. The van der Waals surface area contributed by atoms with Gasteiger partial charge >= 0.3 is 6.09 Å². The van der Waals surface area contributed by atoms with Crippen LogP contribution in [0.4, 0.5) is 4.79 Å². The summed E-state index contributed by atoms with van der Waals surface area (Å²) in [5.74, 6) is -0.184. The molecule has 8 heteroatoms. The molecular weight excluding hydrogens is 408 g/mol. The van der Waals surface area contributed by atoms with Gasteiger partial charge in [-0.1, -0.05) is 30.3 Å². The Kier molecular flexibility index (Phi) is 8.12. The summed E-state index contributed by atoms with van der Waals surface area (Å²) in [5, 5.41) is 5.79. The van der Waals surface area contributed by atoms with E-state index < -0.39 is 12.1 Å². The molecule has 2 fully saturated rings. The highest BCUT2D eigenvalue weighted by Crippen LogP contribution is 2.30. The monoisotopic (exact) mass is 444 g/mol. The van der Waals surface area contributed by atoms with Crippen LogP contribution in [0.15, 0.2) is 30.3 Å². The van der Waals surface area contributed by atoms with Crippen molar-refractivity contribution in [2.24, 2.45) is 0 Å². The molecule has 1 heterocycles. The SMILES string of the molecule is CC(=O)N[C@@H]1C[C@H](N(C)C(C)C)CC[C@@H]1N1CCC(NC(=O)OCc2ccccc2)C1=O. The van der Waals surface area contributed by atoms with Crippen LogP contribution in [0.5, 0.6) is 0 Å². The summed E-state index contributed by atoms with van der Waals surface area (Å²) < 4.78 is 5.27. The number of hydrogen-bond acceptors (Lipinski definition) is 5. The summed E-state index contributed by atoms with van der Waals surface area (Å²) in [6.07, 6.45) is 2.55. The maximum atomic E-state index is 13.1. The second-order valence-corrected chi connectivity index (χ2v) is 9.18. The average molecular weight is 445 g/mol. The van der Waals surface area contributed by atoms with Gasteiger partial charge in [-0.05, 0) is 52.1 Å². The quantitative estimate of drug-likeness (QED) is 0.673. The highest BCUT2D eigenvalue weighted by atomic mass is 16.5. The molecule has 1 aliphatic carbocycles. The molecule has 1 aromatic rings. The fourth-order valence-electron chi connectivity index (χ4n) is 4.79. The molecular formula is C24H36N4O4. The molecule has 1 aliphatic heterocycles. The summed E-state index contributed by atoms with van der Waals surface area (Å²) in [4.78, 5) is 41.4. The van der Waals surface area contributed by atoms with Crippen LogP contribution < -0.4 is 10.6 Å². The van der Waals surface area contributed by atoms with Crippen LogP contribution in [-0.4, -0.2) is 71.5 Å². The minimum atomic E-state index is -0.590. The van der Waals surface area contributed by atoms with Crippen LogP contribution in [0.3, 0.4) is 0 Å². The van der Waals surface area contributed by atoms with Crippen molar-refractivity contribution in [2.75, 3.05) is 13.6 Å². The number of rotatable bonds is 7. The molecule has 176 valence electrons. The van der Waals surface area contributed by atoms with Crippen molar-refractivity contribution >= 4 is 17.9 Å². The number of alkyl carbamates (subject to hydrolysis) is 1. The number of benzene rings is 1. The van der Waals surface area contributed by atoms with Gasteiger partial charge in [0.05, 0.1) is 12.1 Å². The zero-order valence-corrected chi connectivity index (χ0v) is 19.5. The van der Waals surface area contributed by atoms with Crippen LogP contribution in [0, 0.1) is 0 Å². The Labute approximate surface area is 190 Å². The number of hydrogen-bond donors (Lipinski definition) is 2. The zero-order chi connectivity index (χ0) is 23.3. The standard InChI is InChI=1S/C24H36N4O4/c1-16(2)27(4)19-10-11-22(21(14-19)25-17(3)29)28-13-12-20(23(28)30)26-24(31)32-15-18-8-6-5-7-9-18/h5-9,16,19-22H,10-15H2,1-4H3,(H,25,29)(H,26,31)/t19-,20?,21-,22+/m1/s1. The third-order valence-corrected chi connectivity index (χ3v) is 6.71. The lowest BCUT2D eigenvalue weighted by Crippen LogP contribution is -2.58. The summed E-state index contributed by atoms with van der Waals surface area (Å²) in [7, 11) is 2.11. The van der Waals surface area contributed by atoms with E-state index in [1.807, 2.05) is 35.2 Å². The van der Waals surface area contributed by atoms with Gasteiger partial charge in [0.25, 0.3) is 0 Å². The van der Waals surface area contributed by atoms with Gasteiger partial charge in [-0.3, -0.25) is 9.59 Å². The normalized spacial score (nSPS) is 25.8. The second kappa shape index (κ2) is 10.8. The molecule has 1 unspecified atom stereocenters. The van der Waals surface area contributed by atoms with E-state index in [4.69, 9.17) is 4.74 Å². The van der Waals surface area contributed by atoms with Gasteiger partial charge in [0.15, 0.2) is 0 Å². The van der Waals surface area contributed by atoms with Crippen molar-refractivity contribution in [1.29, 1.82) is 0 Å². The molecule has 1 aromatic carbocycles. The fourth-order valence-corrected chi connectivity index (χ4v) is 4.79. The van der Waals surface area contributed by atoms with E-state index in [1.54, 1.807) is 0 Å². The predicted octanol–water partition coefficient (Wildman–Crippen LogP) is 2.28. The minimum Gasteiger partial charge on any atom is -0.445 e. The van der Waals surface area contributed by atoms with Gasteiger partial charge in [0, 0.05) is 25.6 Å². The number of amides is 3. The number of nitrogens with one attached hydrogen (secondary N) is 2. The first-order valence-corrected chi connectivity index (χ1v) is 11.5. The van der Waals surface area contributed by atoms with Gasteiger partial charge in [-0.25, -0.2) is 4.79 Å². The number of carbonyl (C=O) groups excluding carboxylic acids is 3. The molecule has 3 amide bonds. The van der Waals surface area contributed by atoms with E-state index in [2.05, 4.69) is 36.4 Å². The maximum absolute atomic E-state index is 13.1. The molecule has 1 saturated carbocycles. The largest absolute Gasteiger partial charge is 0.445 e. The molecule has 0 spiro atoms. The molecule has 32 heavy (non-hydrogen) atoms. The van der Waals surface area contributed by atoms with Crippen molar-refractivity contribution in [1.82, 2.24) is 20.4 Å². The molecule has 0 aromatic heterocycles. The van der Waals surface area contributed by atoms with Crippen LogP contribution in [0.1, 0.15) is 52.0 Å². The first-order chi connectivity index (χ1) is 15.3. The molecule has 2 N–H and O–H groups in total. The zero-order valence-electron chi connectivity index (χ0n) is 19.5. The number of carbonyl (C=O) groups is 3. The lowest BCUT2D eigenvalue weighted by atomic mass is 9.84. The predicted molar refractivity (Wildman–Crippen MR) is 122 cm³/mol. The van der Waals surface area contributed by atoms with Crippen LogP contribution in [0.25, 0.3) is 0 Å². The van der Waals surface area contributed by atoms with Gasteiger partial charge in [0.2, 0.25) is 11.8 Å². The van der Waals surface area contributed by atoms with Crippen molar-refractivity contribution in [3.05, 3.63) is 35.9 Å². The topological polar surface area (TPSA) is 91.0 Å². The number of nitrogens with zero attached hydrogens (tertiary/aromatic N) is 2. The first-order valence-electron chi connectivity index (χ1n) is 11.5. The Hall–Kier alpha value is -2.61. The minimum absolute atomic E-state index is 0.0599. The van der Waals surface area contributed by atoms with E-state index in [9.17, 15) is 14.4 Å². The van der Waals surface area contributed by atoms with Gasteiger partial charge in [0.1, 0.15) is 12.6 Å². The van der Waals surface area contributed by atoms with Gasteiger partial charge in [-0.15, -0.1) is 0 Å². The molecule has 4 atom stereocenters. The molecule has 8 nitrogen and oxygen atoms in total. The molecule has 1 saturated heterocycles. The Bertz CT molecular complexity index is 800. The van der Waals surface area contributed by atoms with Crippen molar-refractivity contribution < 1.29 is 19.1 Å². The van der Waals surface area contributed by atoms with E-state index in [0.717, 1.165) is 24.8 Å². The Morgan fingerprint density at radius 3 is 2.53 bits per heavy atom. The lowest BCUT2D eigenvalue weighted by molar-refractivity contribution is -0.134. The van der Waals surface area contributed by atoms with Crippen LogP contribution >= 0.6 is 0 Å². The van der Waals surface area contributed by atoms with E-state index in [-0.39, 0.29) is 30.5 Å². The second-order valence-electron chi connectivity index (χ2n) is 9.18. The first kappa shape index (κ1) is 24.0. The van der Waals surface area contributed by atoms with Crippen LogP contribution in [0.2, 0.25) is 0 Å². The summed E-state index contributed by atoms with van der Waals surface area (Å²) in [6, 6.07) is 9.46. The Morgan fingerprint density at radius 1 is 1.16 bits per heavy atom. The Morgan fingerprint density at radius 2 is 1.88 bits per heavy atom. The van der Waals surface area contributed by atoms with Crippen molar-refractivity contribution in [3.63, 3.8) is 0 Å².